The van der Waals surface area contributed by atoms with Gasteiger partial charge in [-0.15, -0.1) is 0 Å². The van der Waals surface area contributed by atoms with Crippen LogP contribution in [-0.2, 0) is 6.54 Å². The van der Waals surface area contributed by atoms with E-state index in [1.807, 2.05) is 12.1 Å². The molecule has 0 fully saturated rings. The number of nitrogens with one attached hydrogen (secondary N) is 2. The Hall–Kier alpha value is -1.55. The van der Waals surface area contributed by atoms with Gasteiger partial charge in [0.25, 0.3) is 5.91 Å². The van der Waals surface area contributed by atoms with Crippen molar-refractivity contribution in [1.29, 1.82) is 0 Å². The van der Waals surface area contributed by atoms with Crippen molar-refractivity contribution in [2.24, 2.45) is 5.84 Å². The molecule has 4 nitrogen and oxygen atoms in total. The van der Waals surface area contributed by atoms with E-state index in [2.05, 4.69) is 10.7 Å². The van der Waals surface area contributed by atoms with Crippen LogP contribution in [-0.4, -0.2) is 5.91 Å². The van der Waals surface area contributed by atoms with Crippen molar-refractivity contribution >= 4 is 11.6 Å². The Labute approximate surface area is 69.7 Å². The number of carbonyl (C=O) groups excluding carboxylic acids is 1. The SMILES string of the molecule is NNc1cccc2c1C(=O)NC2. The molecule has 0 saturated carbocycles. The highest BCUT2D eigenvalue weighted by Gasteiger charge is 2.21. The quantitative estimate of drug-likeness (QED) is 0.409. The van der Waals surface area contributed by atoms with Crippen LogP contribution in [0.1, 0.15) is 15.9 Å². The summed E-state index contributed by atoms with van der Waals surface area (Å²) in [5.41, 5.74) is 4.84. The number of hydrogen-bond donors (Lipinski definition) is 3. The zero-order chi connectivity index (χ0) is 8.55. The van der Waals surface area contributed by atoms with Crippen molar-refractivity contribution in [1.82, 2.24) is 5.32 Å². The first kappa shape index (κ1) is 7.12. The van der Waals surface area contributed by atoms with Crippen LogP contribution >= 0.6 is 0 Å². The van der Waals surface area contributed by atoms with Crippen LogP contribution in [0, 0.1) is 0 Å². The lowest BCUT2D eigenvalue weighted by atomic mass is 10.1. The fourth-order valence-electron chi connectivity index (χ4n) is 1.40. The molecule has 4 heteroatoms. The Bertz CT molecular complexity index is 335. The van der Waals surface area contributed by atoms with Gasteiger partial charge in [0.2, 0.25) is 0 Å². The van der Waals surface area contributed by atoms with Gasteiger partial charge in [0.1, 0.15) is 0 Å². The number of nitrogen functional groups attached to an aromatic ring is 1. The monoisotopic (exact) mass is 163 g/mol. The van der Waals surface area contributed by atoms with Crippen LogP contribution in [0.25, 0.3) is 0 Å². The average molecular weight is 163 g/mol. The number of hydrogen-bond acceptors (Lipinski definition) is 3. The third-order valence-corrected chi connectivity index (χ3v) is 1.97. The van der Waals surface area contributed by atoms with E-state index in [1.54, 1.807) is 6.07 Å². The number of carbonyl (C=O) groups is 1. The highest BCUT2D eigenvalue weighted by molar-refractivity contribution is 6.03. The maximum Gasteiger partial charge on any atom is 0.254 e. The Morgan fingerprint density at radius 3 is 3.08 bits per heavy atom. The molecule has 1 aromatic carbocycles. The maximum absolute atomic E-state index is 11.2. The van der Waals surface area contributed by atoms with E-state index >= 15 is 0 Å². The topological polar surface area (TPSA) is 67.1 Å². The van der Waals surface area contributed by atoms with Gasteiger partial charge in [0.15, 0.2) is 0 Å². The standard InChI is InChI=1S/C8H9N3O/c9-11-6-3-1-2-5-4-10-8(12)7(5)6/h1-3,11H,4,9H2,(H,10,12). The van der Waals surface area contributed by atoms with Crippen LogP contribution in [0.5, 0.6) is 0 Å². The Morgan fingerprint density at radius 2 is 2.33 bits per heavy atom. The number of anilines is 1. The Kier molecular flexibility index (Phi) is 1.48. The van der Waals surface area contributed by atoms with E-state index in [1.165, 1.54) is 0 Å². The first-order valence-corrected chi connectivity index (χ1v) is 3.69. The number of hydrazine groups is 1. The molecule has 1 aromatic rings. The van der Waals surface area contributed by atoms with Gasteiger partial charge in [-0.1, -0.05) is 12.1 Å². The average Bonchev–Trinajstić information content (AvgIpc) is 2.48. The van der Waals surface area contributed by atoms with Crippen LogP contribution in [0.4, 0.5) is 5.69 Å². The summed E-state index contributed by atoms with van der Waals surface area (Å²) >= 11 is 0. The number of fused-ring (bicyclic) bond motifs is 1. The summed E-state index contributed by atoms with van der Waals surface area (Å²) in [6.07, 6.45) is 0. The van der Waals surface area contributed by atoms with E-state index in [4.69, 9.17) is 5.84 Å². The summed E-state index contributed by atoms with van der Waals surface area (Å²) in [5, 5.41) is 2.73. The second-order valence-corrected chi connectivity index (χ2v) is 2.67. The molecular weight excluding hydrogens is 154 g/mol. The lowest BCUT2D eigenvalue weighted by molar-refractivity contribution is 0.0966. The molecule has 0 bridgehead atoms. The third-order valence-electron chi connectivity index (χ3n) is 1.97. The minimum Gasteiger partial charge on any atom is -0.348 e. The van der Waals surface area contributed by atoms with Gasteiger partial charge in [0, 0.05) is 6.54 Å². The fraction of sp³-hybridized carbons (Fsp3) is 0.125. The molecule has 1 aliphatic rings. The van der Waals surface area contributed by atoms with Crippen molar-refractivity contribution in [2.75, 3.05) is 5.43 Å². The lowest BCUT2D eigenvalue weighted by Gasteiger charge is -2.03. The first-order chi connectivity index (χ1) is 5.83. The molecule has 12 heavy (non-hydrogen) atoms. The van der Waals surface area contributed by atoms with Crippen LogP contribution in [0.15, 0.2) is 18.2 Å². The minimum atomic E-state index is -0.0569. The second-order valence-electron chi connectivity index (χ2n) is 2.67. The van der Waals surface area contributed by atoms with Gasteiger partial charge in [-0.05, 0) is 11.6 Å². The predicted molar refractivity (Wildman–Crippen MR) is 45.4 cm³/mol. The maximum atomic E-state index is 11.2. The van der Waals surface area contributed by atoms with E-state index in [-0.39, 0.29) is 5.91 Å². The minimum absolute atomic E-state index is 0.0569. The molecule has 2 rings (SSSR count). The largest absolute Gasteiger partial charge is 0.348 e. The lowest BCUT2D eigenvalue weighted by Crippen LogP contribution is -2.16. The molecule has 62 valence electrons. The van der Waals surface area contributed by atoms with Crippen molar-refractivity contribution in [3.8, 4) is 0 Å². The summed E-state index contributed by atoms with van der Waals surface area (Å²) in [6.45, 7) is 0.601. The summed E-state index contributed by atoms with van der Waals surface area (Å²) in [7, 11) is 0. The Balaban J connectivity index is 2.60. The van der Waals surface area contributed by atoms with Crippen LogP contribution in [0.2, 0.25) is 0 Å². The van der Waals surface area contributed by atoms with Crippen molar-refractivity contribution in [2.45, 2.75) is 6.54 Å². The molecule has 0 spiro atoms. The number of benzene rings is 1. The van der Waals surface area contributed by atoms with Crippen molar-refractivity contribution in [3.05, 3.63) is 29.3 Å². The predicted octanol–water partition coefficient (Wildman–Crippen LogP) is 0.216. The molecule has 0 radical (unpaired) electrons. The highest BCUT2D eigenvalue weighted by atomic mass is 16.1. The molecule has 0 aromatic heterocycles. The van der Waals surface area contributed by atoms with Crippen molar-refractivity contribution < 1.29 is 4.79 Å². The van der Waals surface area contributed by atoms with E-state index in [0.717, 1.165) is 5.56 Å². The van der Waals surface area contributed by atoms with Gasteiger partial charge < -0.3 is 10.7 Å². The molecule has 4 N–H and O–H groups in total. The zero-order valence-corrected chi connectivity index (χ0v) is 6.42. The molecule has 0 saturated heterocycles. The fourth-order valence-corrected chi connectivity index (χ4v) is 1.40. The molecule has 1 heterocycles. The van der Waals surface area contributed by atoms with E-state index in [9.17, 15) is 4.79 Å². The third kappa shape index (κ3) is 0.853. The second kappa shape index (κ2) is 2.49. The van der Waals surface area contributed by atoms with E-state index < -0.39 is 0 Å². The zero-order valence-electron chi connectivity index (χ0n) is 6.42. The number of rotatable bonds is 1. The number of amides is 1. The molecule has 1 amide bonds. The van der Waals surface area contributed by atoms with Gasteiger partial charge >= 0.3 is 0 Å². The van der Waals surface area contributed by atoms with Gasteiger partial charge in [-0.25, -0.2) is 0 Å². The summed E-state index contributed by atoms with van der Waals surface area (Å²) in [6, 6.07) is 5.56. The highest BCUT2D eigenvalue weighted by Crippen LogP contribution is 2.22. The summed E-state index contributed by atoms with van der Waals surface area (Å²) in [4.78, 5) is 11.2. The Morgan fingerprint density at radius 1 is 1.50 bits per heavy atom. The van der Waals surface area contributed by atoms with Crippen LogP contribution in [0.3, 0.4) is 0 Å². The summed E-state index contributed by atoms with van der Waals surface area (Å²) < 4.78 is 0. The van der Waals surface area contributed by atoms with Gasteiger partial charge in [-0.3, -0.25) is 10.6 Å². The first-order valence-electron chi connectivity index (χ1n) is 3.69. The van der Waals surface area contributed by atoms with Gasteiger partial charge in [0.05, 0.1) is 11.3 Å². The smallest absolute Gasteiger partial charge is 0.254 e. The van der Waals surface area contributed by atoms with Crippen LogP contribution < -0.4 is 16.6 Å². The van der Waals surface area contributed by atoms with E-state index in [0.29, 0.717) is 17.8 Å². The molecular formula is C8H9N3O. The number of nitrogens with two attached hydrogens (primary N) is 1. The molecule has 0 atom stereocenters. The normalized spacial score (nSPS) is 13.9. The molecule has 0 aliphatic carbocycles. The summed E-state index contributed by atoms with van der Waals surface area (Å²) in [5.74, 6) is 5.20. The van der Waals surface area contributed by atoms with Gasteiger partial charge in [-0.2, -0.15) is 0 Å². The molecule has 1 aliphatic heterocycles. The van der Waals surface area contributed by atoms with Crippen molar-refractivity contribution in [3.63, 3.8) is 0 Å². The molecule has 0 unspecified atom stereocenters.